The predicted octanol–water partition coefficient (Wildman–Crippen LogP) is 4.71. The molecule has 0 aliphatic rings. The highest BCUT2D eigenvalue weighted by molar-refractivity contribution is 7.92. The molecule has 0 fully saturated rings. The average molecular weight is 463 g/mol. The van der Waals surface area contributed by atoms with Crippen LogP contribution in [0.15, 0.2) is 53.4 Å². The van der Waals surface area contributed by atoms with E-state index in [1.165, 1.54) is 24.3 Å². The Morgan fingerprint density at radius 1 is 1.10 bits per heavy atom. The summed E-state index contributed by atoms with van der Waals surface area (Å²) in [6.07, 6.45) is -4.71. The van der Waals surface area contributed by atoms with Crippen LogP contribution in [0.1, 0.15) is 26.3 Å². The van der Waals surface area contributed by atoms with E-state index in [1.807, 2.05) is 13.8 Å². The molecule has 0 saturated heterocycles. The van der Waals surface area contributed by atoms with Gasteiger partial charge < -0.3 is 5.32 Å². The summed E-state index contributed by atoms with van der Waals surface area (Å²) in [5.74, 6) is -0.588. The highest BCUT2D eigenvalue weighted by Gasteiger charge is 2.34. The van der Waals surface area contributed by atoms with Crippen molar-refractivity contribution in [1.29, 1.82) is 0 Å². The molecule has 30 heavy (non-hydrogen) atoms. The molecule has 5 nitrogen and oxygen atoms in total. The lowest BCUT2D eigenvalue weighted by atomic mass is 10.1. The Bertz CT molecular complexity index is 996. The van der Waals surface area contributed by atoms with Crippen LogP contribution in [-0.4, -0.2) is 26.9 Å². The Balaban J connectivity index is 2.56. The predicted molar refractivity (Wildman–Crippen MR) is 110 cm³/mol. The minimum atomic E-state index is -4.71. The van der Waals surface area contributed by atoms with Gasteiger partial charge in [-0.25, -0.2) is 8.42 Å². The highest BCUT2D eigenvalue weighted by Crippen LogP contribution is 2.37. The zero-order chi connectivity index (χ0) is 22.7. The molecule has 0 heterocycles. The molecule has 2 rings (SSSR count). The first kappa shape index (κ1) is 24.0. The quantitative estimate of drug-likeness (QED) is 0.647. The van der Waals surface area contributed by atoms with E-state index in [2.05, 4.69) is 5.32 Å². The van der Waals surface area contributed by atoms with Crippen molar-refractivity contribution in [2.24, 2.45) is 5.92 Å². The van der Waals surface area contributed by atoms with Crippen LogP contribution in [0.4, 0.5) is 18.9 Å². The second kappa shape index (κ2) is 9.26. The molecule has 0 bridgehead atoms. The van der Waals surface area contributed by atoms with Gasteiger partial charge in [0.1, 0.15) is 6.54 Å². The molecule has 1 N–H and O–H groups in total. The van der Waals surface area contributed by atoms with Gasteiger partial charge in [0, 0.05) is 6.04 Å². The number of rotatable bonds is 7. The summed E-state index contributed by atoms with van der Waals surface area (Å²) in [6, 6.07) is 9.19. The van der Waals surface area contributed by atoms with Crippen molar-refractivity contribution in [2.75, 3.05) is 10.8 Å². The number of carbonyl (C=O) groups excluding carboxylic acids is 1. The molecule has 2 aromatic carbocycles. The molecule has 164 valence electrons. The Morgan fingerprint density at radius 3 is 2.23 bits per heavy atom. The highest BCUT2D eigenvalue weighted by atomic mass is 35.5. The van der Waals surface area contributed by atoms with Crippen molar-refractivity contribution in [3.05, 3.63) is 59.1 Å². The normalized spacial score (nSPS) is 13.2. The van der Waals surface area contributed by atoms with Crippen LogP contribution in [0.3, 0.4) is 0 Å². The topological polar surface area (TPSA) is 66.5 Å². The van der Waals surface area contributed by atoms with Crippen molar-refractivity contribution in [3.8, 4) is 0 Å². The monoisotopic (exact) mass is 462 g/mol. The van der Waals surface area contributed by atoms with Gasteiger partial charge in [-0.15, -0.1) is 0 Å². The summed E-state index contributed by atoms with van der Waals surface area (Å²) in [6.45, 7) is 4.76. The Labute approximate surface area is 178 Å². The molecular weight excluding hydrogens is 441 g/mol. The largest absolute Gasteiger partial charge is 0.416 e. The summed E-state index contributed by atoms with van der Waals surface area (Å²) in [4.78, 5) is 12.4. The van der Waals surface area contributed by atoms with E-state index < -0.39 is 39.9 Å². The molecule has 10 heteroatoms. The first-order chi connectivity index (χ1) is 13.8. The van der Waals surface area contributed by atoms with Crippen molar-refractivity contribution in [3.63, 3.8) is 0 Å². The summed E-state index contributed by atoms with van der Waals surface area (Å²) in [5, 5.41) is 2.43. The number of halogens is 4. The number of benzene rings is 2. The van der Waals surface area contributed by atoms with E-state index in [9.17, 15) is 26.4 Å². The van der Waals surface area contributed by atoms with Crippen LogP contribution < -0.4 is 9.62 Å². The van der Waals surface area contributed by atoms with E-state index >= 15 is 0 Å². The summed E-state index contributed by atoms with van der Waals surface area (Å²) < 4.78 is 66.7. The Kier molecular flexibility index (Phi) is 7.41. The molecule has 0 aromatic heterocycles. The third-order valence-corrected chi connectivity index (χ3v) is 6.64. The number of nitrogens with one attached hydrogen (secondary N) is 1. The molecule has 0 spiro atoms. The van der Waals surface area contributed by atoms with E-state index in [1.54, 1.807) is 13.0 Å². The van der Waals surface area contributed by atoms with Gasteiger partial charge >= 0.3 is 6.18 Å². The maximum Gasteiger partial charge on any atom is 0.416 e. The van der Waals surface area contributed by atoms with E-state index in [4.69, 9.17) is 11.6 Å². The Morgan fingerprint density at radius 2 is 1.70 bits per heavy atom. The lowest BCUT2D eigenvalue weighted by Gasteiger charge is -2.27. The summed E-state index contributed by atoms with van der Waals surface area (Å²) >= 11 is 6.07. The van der Waals surface area contributed by atoms with Crippen molar-refractivity contribution in [1.82, 2.24) is 5.32 Å². The molecule has 1 unspecified atom stereocenters. The number of carbonyl (C=O) groups is 1. The van der Waals surface area contributed by atoms with Crippen LogP contribution in [0.5, 0.6) is 0 Å². The van der Waals surface area contributed by atoms with Gasteiger partial charge in [-0.2, -0.15) is 13.2 Å². The smallest absolute Gasteiger partial charge is 0.352 e. The number of nitrogens with zero attached hydrogens (tertiary/aromatic N) is 1. The van der Waals surface area contributed by atoms with Crippen LogP contribution in [0, 0.1) is 5.92 Å². The molecule has 0 radical (unpaired) electrons. The lowest BCUT2D eigenvalue weighted by molar-refractivity contribution is -0.137. The van der Waals surface area contributed by atoms with E-state index in [0.29, 0.717) is 10.4 Å². The number of hydrogen-bond donors (Lipinski definition) is 1. The zero-order valence-corrected chi connectivity index (χ0v) is 18.1. The second-order valence-electron chi connectivity index (χ2n) is 7.09. The van der Waals surface area contributed by atoms with Gasteiger partial charge in [0.15, 0.2) is 0 Å². The second-order valence-corrected chi connectivity index (χ2v) is 9.36. The number of amides is 1. The number of sulfonamides is 1. The minimum absolute atomic E-state index is 0.0743. The van der Waals surface area contributed by atoms with Crippen molar-refractivity contribution in [2.45, 2.75) is 37.9 Å². The summed E-state index contributed by atoms with van der Waals surface area (Å²) in [7, 11) is -4.37. The fraction of sp³-hybridized carbons (Fsp3) is 0.350. The third kappa shape index (κ3) is 5.66. The van der Waals surface area contributed by atoms with Crippen LogP contribution >= 0.6 is 11.6 Å². The van der Waals surface area contributed by atoms with Gasteiger partial charge in [0.05, 0.1) is 21.2 Å². The van der Waals surface area contributed by atoms with E-state index in [0.717, 1.165) is 12.1 Å². The molecule has 1 atom stereocenters. The van der Waals surface area contributed by atoms with Crippen molar-refractivity contribution >= 4 is 33.2 Å². The van der Waals surface area contributed by atoms with Gasteiger partial charge in [0.25, 0.3) is 10.0 Å². The zero-order valence-electron chi connectivity index (χ0n) is 16.6. The molecule has 0 aliphatic heterocycles. The molecule has 1 amide bonds. The van der Waals surface area contributed by atoms with Crippen LogP contribution in [-0.2, 0) is 21.0 Å². The maximum atomic E-state index is 13.2. The van der Waals surface area contributed by atoms with Crippen LogP contribution in [0.25, 0.3) is 0 Å². The third-order valence-electron chi connectivity index (χ3n) is 4.55. The van der Waals surface area contributed by atoms with Crippen LogP contribution in [0.2, 0.25) is 5.02 Å². The number of hydrogen-bond acceptors (Lipinski definition) is 3. The number of alkyl halides is 3. The van der Waals surface area contributed by atoms with Gasteiger partial charge in [-0.1, -0.05) is 43.6 Å². The average Bonchev–Trinajstić information content (AvgIpc) is 2.66. The molecule has 0 saturated carbocycles. The Hall–Kier alpha value is -2.26. The lowest BCUT2D eigenvalue weighted by Crippen LogP contribution is -2.45. The fourth-order valence-electron chi connectivity index (χ4n) is 2.50. The van der Waals surface area contributed by atoms with Gasteiger partial charge in [-0.3, -0.25) is 9.10 Å². The molecule has 2 aromatic rings. The molecular formula is C20H22ClF3N2O3S. The first-order valence-electron chi connectivity index (χ1n) is 9.08. The summed E-state index contributed by atoms with van der Waals surface area (Å²) in [5.41, 5.74) is -1.51. The van der Waals surface area contributed by atoms with Gasteiger partial charge in [0.2, 0.25) is 5.91 Å². The standard InChI is InChI=1S/C20H22ClF3N2O3S/c1-13(2)14(3)25-19(27)12-26(30(28,29)16-7-5-4-6-8-16)18-11-15(20(22,23)24)9-10-17(18)21/h4-11,13-14H,12H2,1-3H3,(H,25,27). The van der Waals surface area contributed by atoms with Crippen molar-refractivity contribution < 1.29 is 26.4 Å². The minimum Gasteiger partial charge on any atom is -0.352 e. The molecule has 0 aliphatic carbocycles. The fourth-order valence-corrected chi connectivity index (χ4v) is 4.22. The van der Waals surface area contributed by atoms with Gasteiger partial charge in [-0.05, 0) is 43.2 Å². The number of anilines is 1. The first-order valence-corrected chi connectivity index (χ1v) is 10.9. The van der Waals surface area contributed by atoms with E-state index in [-0.39, 0.29) is 21.9 Å². The maximum absolute atomic E-state index is 13.2. The SMILES string of the molecule is CC(C)C(C)NC(=O)CN(c1cc(C(F)(F)F)ccc1Cl)S(=O)(=O)c1ccccc1.